The summed E-state index contributed by atoms with van der Waals surface area (Å²) >= 11 is 12.0. The number of hydrogen-bond acceptors (Lipinski definition) is 6. The maximum atomic E-state index is 12.0. The second-order valence-corrected chi connectivity index (χ2v) is 9.37. The maximum Gasteiger partial charge on any atom is 0.339 e. The number of rotatable bonds is 8. The van der Waals surface area contributed by atoms with Crippen LogP contribution in [0.15, 0.2) is 78.9 Å². The van der Waals surface area contributed by atoms with Crippen LogP contribution in [0.4, 0.5) is 5.82 Å². The van der Waals surface area contributed by atoms with Crippen LogP contribution in [0.3, 0.4) is 0 Å². The van der Waals surface area contributed by atoms with Crippen LogP contribution < -0.4 is 10.1 Å². The monoisotopic (exact) mass is 547 g/mol. The minimum Gasteiger partial charge on any atom is -0.480 e. The Hall–Kier alpha value is -4.40. The van der Waals surface area contributed by atoms with E-state index in [0.717, 1.165) is 10.9 Å². The molecular formula is C28H19Cl2N3O5. The molecule has 8 nitrogen and oxygen atoms in total. The fraction of sp³-hybridized carbons (Fsp3) is 0.0714. The molecule has 0 aliphatic rings. The van der Waals surface area contributed by atoms with Crippen LogP contribution in [0.2, 0.25) is 10.0 Å². The number of pyridine rings is 2. The molecule has 0 aliphatic heterocycles. The summed E-state index contributed by atoms with van der Waals surface area (Å²) in [6, 6.07) is 21.0. The van der Waals surface area contributed by atoms with E-state index in [2.05, 4.69) is 15.3 Å². The van der Waals surface area contributed by atoms with Crippen LogP contribution in [-0.4, -0.2) is 38.2 Å². The van der Waals surface area contributed by atoms with Crippen molar-refractivity contribution in [2.24, 2.45) is 0 Å². The first-order chi connectivity index (χ1) is 18.2. The number of carboxylic acids is 2. The van der Waals surface area contributed by atoms with Crippen molar-refractivity contribution in [3.63, 3.8) is 0 Å². The average Bonchev–Trinajstić information content (AvgIpc) is 2.89. The van der Waals surface area contributed by atoms with E-state index in [-0.39, 0.29) is 17.8 Å². The van der Waals surface area contributed by atoms with Gasteiger partial charge in [-0.2, -0.15) is 0 Å². The van der Waals surface area contributed by atoms with Gasteiger partial charge in [0, 0.05) is 33.3 Å². The molecule has 2 heterocycles. The zero-order valence-electron chi connectivity index (χ0n) is 19.6. The number of fused-ring (bicyclic) bond motifs is 2. The Balaban J connectivity index is 1.33. The zero-order valence-corrected chi connectivity index (χ0v) is 21.1. The molecule has 0 bridgehead atoms. The number of hydrogen-bond donors (Lipinski definition) is 3. The van der Waals surface area contributed by atoms with E-state index in [0.29, 0.717) is 38.1 Å². The van der Waals surface area contributed by atoms with Gasteiger partial charge < -0.3 is 20.3 Å². The number of anilines is 1. The Morgan fingerprint density at radius 1 is 0.816 bits per heavy atom. The SMILES string of the molecule is O=C(O)c1cc2cc(Cl)ccc2nc1NC(Cc1ccc(Oc2ccc3cc(Cl)ccc3n2)cc1)C(=O)O. The zero-order chi connectivity index (χ0) is 26.8. The summed E-state index contributed by atoms with van der Waals surface area (Å²) in [6.45, 7) is 0. The summed E-state index contributed by atoms with van der Waals surface area (Å²) in [4.78, 5) is 32.7. The number of aliphatic carboxylic acids is 1. The summed E-state index contributed by atoms with van der Waals surface area (Å²) in [5.41, 5.74) is 1.77. The van der Waals surface area contributed by atoms with Gasteiger partial charge >= 0.3 is 11.9 Å². The number of nitrogens with zero attached hydrogens (tertiary/aromatic N) is 2. The van der Waals surface area contributed by atoms with Gasteiger partial charge in [-0.1, -0.05) is 35.3 Å². The maximum absolute atomic E-state index is 12.0. The lowest BCUT2D eigenvalue weighted by molar-refractivity contribution is -0.137. The van der Waals surface area contributed by atoms with Gasteiger partial charge in [-0.3, -0.25) is 0 Å². The Labute approximate surface area is 226 Å². The van der Waals surface area contributed by atoms with E-state index < -0.39 is 18.0 Å². The van der Waals surface area contributed by atoms with Gasteiger partial charge in [0.2, 0.25) is 5.88 Å². The van der Waals surface area contributed by atoms with Gasteiger partial charge in [-0.25, -0.2) is 19.6 Å². The van der Waals surface area contributed by atoms with Gasteiger partial charge in [-0.05, 0) is 66.2 Å². The summed E-state index contributed by atoms with van der Waals surface area (Å²) in [7, 11) is 0. The van der Waals surface area contributed by atoms with E-state index in [1.807, 2.05) is 18.2 Å². The van der Waals surface area contributed by atoms with Crippen molar-refractivity contribution in [1.82, 2.24) is 9.97 Å². The Kier molecular flexibility index (Phi) is 7.00. The quantitative estimate of drug-likeness (QED) is 0.196. The molecule has 5 rings (SSSR count). The molecule has 0 saturated heterocycles. The smallest absolute Gasteiger partial charge is 0.339 e. The fourth-order valence-electron chi connectivity index (χ4n) is 3.97. The van der Waals surface area contributed by atoms with Gasteiger partial charge in [0.05, 0.1) is 11.0 Å². The van der Waals surface area contributed by atoms with Crippen molar-refractivity contribution in [2.75, 3.05) is 5.32 Å². The molecule has 3 N–H and O–H groups in total. The van der Waals surface area contributed by atoms with E-state index in [1.165, 1.54) is 6.07 Å². The van der Waals surface area contributed by atoms with E-state index in [1.54, 1.807) is 54.6 Å². The predicted octanol–water partition coefficient (Wildman–Crippen LogP) is 6.69. The second-order valence-electron chi connectivity index (χ2n) is 8.50. The normalized spacial score (nSPS) is 11.8. The lowest BCUT2D eigenvalue weighted by Gasteiger charge is -2.17. The molecule has 0 saturated carbocycles. The van der Waals surface area contributed by atoms with Crippen molar-refractivity contribution in [2.45, 2.75) is 12.5 Å². The molecule has 0 amide bonds. The lowest BCUT2D eigenvalue weighted by atomic mass is 10.0. The van der Waals surface area contributed by atoms with Crippen molar-refractivity contribution in [1.29, 1.82) is 0 Å². The van der Waals surface area contributed by atoms with Crippen molar-refractivity contribution in [3.05, 3.63) is 100 Å². The van der Waals surface area contributed by atoms with Crippen molar-refractivity contribution in [3.8, 4) is 11.6 Å². The predicted molar refractivity (Wildman–Crippen MR) is 146 cm³/mol. The Morgan fingerprint density at radius 2 is 1.47 bits per heavy atom. The lowest BCUT2D eigenvalue weighted by Crippen LogP contribution is -2.32. The van der Waals surface area contributed by atoms with Gasteiger partial charge in [0.1, 0.15) is 23.2 Å². The number of aromatic nitrogens is 2. The standard InChI is InChI=1S/C28H19Cl2N3O5/c29-18-4-8-22-16(12-18)3-10-25(31-22)38-20-6-1-15(2-7-20)11-24(28(36)37)33-26-21(27(34)35)14-17-13-19(30)5-9-23(17)32-26/h1-10,12-14,24H,11H2,(H,32,33)(H,34,35)(H,36,37). The average molecular weight is 548 g/mol. The molecule has 1 unspecified atom stereocenters. The topological polar surface area (TPSA) is 122 Å². The highest BCUT2D eigenvalue weighted by Gasteiger charge is 2.22. The molecular weight excluding hydrogens is 529 g/mol. The molecule has 5 aromatic rings. The van der Waals surface area contributed by atoms with Crippen molar-refractivity contribution < 1.29 is 24.5 Å². The van der Waals surface area contributed by atoms with E-state index in [9.17, 15) is 19.8 Å². The number of ether oxygens (including phenoxy) is 1. The number of halogens is 2. The fourth-order valence-corrected chi connectivity index (χ4v) is 4.33. The van der Waals surface area contributed by atoms with Gasteiger partial charge in [0.25, 0.3) is 0 Å². The summed E-state index contributed by atoms with van der Waals surface area (Å²) in [5, 5.41) is 24.8. The first kappa shape index (κ1) is 25.3. The first-order valence-corrected chi connectivity index (χ1v) is 12.2. The van der Waals surface area contributed by atoms with Crippen LogP contribution in [-0.2, 0) is 11.2 Å². The highest BCUT2D eigenvalue weighted by atomic mass is 35.5. The largest absolute Gasteiger partial charge is 0.480 e. The highest BCUT2D eigenvalue weighted by molar-refractivity contribution is 6.31. The molecule has 2 aromatic heterocycles. The van der Waals surface area contributed by atoms with Crippen LogP contribution >= 0.6 is 23.2 Å². The molecule has 0 aliphatic carbocycles. The second kappa shape index (κ2) is 10.5. The molecule has 10 heteroatoms. The minimum absolute atomic E-state index is 0.0386. The van der Waals surface area contributed by atoms with Crippen LogP contribution in [0.1, 0.15) is 15.9 Å². The number of carbonyl (C=O) groups is 2. The van der Waals surface area contributed by atoms with Crippen LogP contribution in [0.5, 0.6) is 11.6 Å². The molecule has 0 radical (unpaired) electrons. The van der Waals surface area contributed by atoms with Gasteiger partial charge in [-0.15, -0.1) is 0 Å². The van der Waals surface area contributed by atoms with Crippen molar-refractivity contribution >= 4 is 62.8 Å². The molecule has 3 aromatic carbocycles. The third kappa shape index (κ3) is 5.61. The van der Waals surface area contributed by atoms with Crippen LogP contribution in [0.25, 0.3) is 21.8 Å². The summed E-state index contributed by atoms with van der Waals surface area (Å²) in [6.07, 6.45) is 0.0734. The number of aromatic carboxylic acids is 1. The molecule has 190 valence electrons. The number of benzene rings is 3. The first-order valence-electron chi connectivity index (χ1n) is 11.4. The minimum atomic E-state index is -1.24. The van der Waals surface area contributed by atoms with Gasteiger partial charge in [0.15, 0.2) is 0 Å². The Bertz CT molecular complexity index is 1690. The van der Waals surface area contributed by atoms with Crippen LogP contribution in [0, 0.1) is 0 Å². The molecule has 38 heavy (non-hydrogen) atoms. The summed E-state index contributed by atoms with van der Waals surface area (Å²) < 4.78 is 5.85. The molecule has 1 atom stereocenters. The third-order valence-electron chi connectivity index (χ3n) is 5.83. The Morgan fingerprint density at radius 3 is 2.13 bits per heavy atom. The molecule has 0 fully saturated rings. The highest BCUT2D eigenvalue weighted by Crippen LogP contribution is 2.27. The third-order valence-corrected chi connectivity index (χ3v) is 6.30. The number of carboxylic acid groups (broad SMARTS) is 2. The van der Waals surface area contributed by atoms with E-state index >= 15 is 0 Å². The summed E-state index contributed by atoms with van der Waals surface area (Å²) in [5.74, 6) is -1.50. The number of nitrogens with one attached hydrogen (secondary N) is 1. The molecule has 0 spiro atoms. The van der Waals surface area contributed by atoms with E-state index in [4.69, 9.17) is 27.9 Å².